The van der Waals surface area contributed by atoms with E-state index in [1.165, 1.54) is 56.8 Å². The van der Waals surface area contributed by atoms with Crippen LogP contribution in [0.4, 0.5) is 21.5 Å². The third-order valence-electron chi connectivity index (χ3n) is 7.44. The average Bonchev–Trinajstić information content (AvgIpc) is 2.93. The number of benzene rings is 3. The number of piperidine rings is 2. The lowest BCUT2D eigenvalue weighted by molar-refractivity contribution is 0.0896. The lowest BCUT2D eigenvalue weighted by Gasteiger charge is -2.40. The van der Waals surface area contributed by atoms with E-state index < -0.39 is 5.82 Å². The van der Waals surface area contributed by atoms with Crippen molar-refractivity contribution in [3.05, 3.63) is 88.7 Å². The first-order valence-electron chi connectivity index (χ1n) is 13.2. The minimum atomic E-state index is -0.431. The summed E-state index contributed by atoms with van der Waals surface area (Å²) in [6.45, 7) is 5.80. The number of hydrogen-bond donors (Lipinski definition) is 2. The molecule has 0 saturated carbocycles. The largest absolute Gasteiger partial charge is 0.353 e. The molecule has 2 aliphatic heterocycles. The maximum absolute atomic E-state index is 14.0. The molecule has 5 rings (SSSR count). The first-order chi connectivity index (χ1) is 18.0. The Labute approximate surface area is 223 Å². The Balaban J connectivity index is 1.10. The second-order valence-corrected chi connectivity index (χ2v) is 10.5. The summed E-state index contributed by atoms with van der Waals surface area (Å²) in [4.78, 5) is 18.0. The van der Waals surface area contributed by atoms with Crippen molar-refractivity contribution in [2.75, 3.05) is 36.8 Å². The van der Waals surface area contributed by atoms with E-state index in [1.807, 2.05) is 12.1 Å². The number of likely N-dealkylation sites (tertiary alicyclic amines) is 2. The molecule has 0 spiro atoms. The van der Waals surface area contributed by atoms with E-state index in [0.29, 0.717) is 22.0 Å². The van der Waals surface area contributed by atoms with E-state index in [0.717, 1.165) is 31.4 Å². The summed E-state index contributed by atoms with van der Waals surface area (Å²) in [5.41, 5.74) is 3.57. The van der Waals surface area contributed by atoms with Crippen LogP contribution in [0.5, 0.6) is 0 Å². The highest BCUT2D eigenvalue weighted by Gasteiger charge is 2.25. The van der Waals surface area contributed by atoms with Crippen LogP contribution in [0.25, 0.3) is 0 Å². The standard InChI is InChI=1S/C30H34ClFN4O/c31-24-8-13-29(28(32)20-24)33-25-11-6-23(7-12-25)30(37)34-26-9-4-22(5-10-26)21-35-18-14-27(15-19-35)36-16-2-1-3-17-36/h4-13,20,27,33H,1-3,14-19,21H2,(H,34,37). The van der Waals surface area contributed by atoms with Gasteiger partial charge in [-0.15, -0.1) is 0 Å². The zero-order chi connectivity index (χ0) is 25.6. The van der Waals surface area contributed by atoms with Crippen LogP contribution in [0.1, 0.15) is 48.0 Å². The number of halogens is 2. The summed E-state index contributed by atoms with van der Waals surface area (Å²) in [7, 11) is 0. The average molecular weight is 521 g/mol. The minimum Gasteiger partial charge on any atom is -0.353 e. The van der Waals surface area contributed by atoms with Crippen molar-refractivity contribution in [2.45, 2.75) is 44.7 Å². The van der Waals surface area contributed by atoms with Gasteiger partial charge in [-0.1, -0.05) is 30.2 Å². The van der Waals surface area contributed by atoms with Crippen LogP contribution < -0.4 is 10.6 Å². The summed E-state index contributed by atoms with van der Waals surface area (Å²) in [5, 5.41) is 6.31. The molecule has 7 heteroatoms. The molecular formula is C30H34ClFN4O. The van der Waals surface area contributed by atoms with Crippen LogP contribution in [-0.2, 0) is 6.54 Å². The topological polar surface area (TPSA) is 47.6 Å². The number of carbonyl (C=O) groups excluding carboxylic acids is 1. The van der Waals surface area contributed by atoms with Crippen molar-refractivity contribution in [3.8, 4) is 0 Å². The molecule has 2 N–H and O–H groups in total. The van der Waals surface area contributed by atoms with Gasteiger partial charge in [-0.25, -0.2) is 4.39 Å². The smallest absolute Gasteiger partial charge is 0.255 e. The Kier molecular flexibility index (Phi) is 8.39. The Morgan fingerprint density at radius 1 is 0.865 bits per heavy atom. The fraction of sp³-hybridized carbons (Fsp3) is 0.367. The van der Waals surface area contributed by atoms with E-state index in [9.17, 15) is 9.18 Å². The molecule has 0 unspecified atom stereocenters. The van der Waals surface area contributed by atoms with Crippen molar-refractivity contribution in [2.24, 2.45) is 0 Å². The summed E-state index contributed by atoms with van der Waals surface area (Å²) >= 11 is 5.81. The molecule has 37 heavy (non-hydrogen) atoms. The van der Waals surface area contributed by atoms with Crippen molar-refractivity contribution in [1.82, 2.24) is 9.80 Å². The van der Waals surface area contributed by atoms with Gasteiger partial charge in [0.2, 0.25) is 0 Å². The molecule has 2 saturated heterocycles. The van der Waals surface area contributed by atoms with Gasteiger partial charge in [-0.05, 0) is 112 Å². The van der Waals surface area contributed by atoms with Crippen molar-refractivity contribution in [3.63, 3.8) is 0 Å². The Morgan fingerprint density at radius 2 is 1.54 bits per heavy atom. The highest BCUT2D eigenvalue weighted by molar-refractivity contribution is 6.30. The molecule has 5 nitrogen and oxygen atoms in total. The van der Waals surface area contributed by atoms with Crippen LogP contribution in [0, 0.1) is 5.82 Å². The number of amides is 1. The molecule has 0 aliphatic carbocycles. The number of rotatable bonds is 7. The number of hydrogen-bond acceptors (Lipinski definition) is 4. The van der Waals surface area contributed by atoms with E-state index in [1.54, 1.807) is 36.4 Å². The van der Waals surface area contributed by atoms with Crippen LogP contribution >= 0.6 is 11.6 Å². The van der Waals surface area contributed by atoms with E-state index >= 15 is 0 Å². The summed E-state index contributed by atoms with van der Waals surface area (Å²) in [6.07, 6.45) is 6.63. The lowest BCUT2D eigenvalue weighted by atomic mass is 9.99. The van der Waals surface area contributed by atoms with Gasteiger partial charge in [0.1, 0.15) is 5.82 Å². The van der Waals surface area contributed by atoms with Crippen LogP contribution in [0.2, 0.25) is 5.02 Å². The van der Waals surface area contributed by atoms with Crippen molar-refractivity contribution in [1.29, 1.82) is 0 Å². The predicted octanol–water partition coefficient (Wildman–Crippen LogP) is 6.93. The molecule has 1 amide bonds. The molecule has 0 radical (unpaired) electrons. The first kappa shape index (κ1) is 25.7. The number of nitrogens with zero attached hydrogens (tertiary/aromatic N) is 2. The molecular weight excluding hydrogens is 487 g/mol. The molecule has 194 valence electrons. The SMILES string of the molecule is O=C(Nc1ccc(CN2CCC(N3CCCCC3)CC2)cc1)c1ccc(Nc2ccc(Cl)cc2F)cc1. The van der Waals surface area contributed by atoms with E-state index in [4.69, 9.17) is 11.6 Å². The van der Waals surface area contributed by atoms with Crippen LogP contribution in [0.3, 0.4) is 0 Å². The molecule has 0 bridgehead atoms. The normalized spacial score (nSPS) is 17.5. The fourth-order valence-corrected chi connectivity index (χ4v) is 5.49. The Morgan fingerprint density at radius 3 is 2.22 bits per heavy atom. The van der Waals surface area contributed by atoms with E-state index in [2.05, 4.69) is 32.6 Å². The van der Waals surface area contributed by atoms with Crippen molar-refractivity contribution < 1.29 is 9.18 Å². The molecule has 0 aromatic heterocycles. The van der Waals surface area contributed by atoms with Gasteiger partial charge in [0.05, 0.1) is 5.69 Å². The first-order valence-corrected chi connectivity index (χ1v) is 13.6. The second kappa shape index (κ2) is 12.1. The van der Waals surface area contributed by atoms with Gasteiger partial charge in [0.15, 0.2) is 0 Å². The number of anilines is 3. The van der Waals surface area contributed by atoms with Gasteiger partial charge in [-0.2, -0.15) is 0 Å². The van der Waals surface area contributed by atoms with E-state index in [-0.39, 0.29) is 5.91 Å². The zero-order valence-corrected chi connectivity index (χ0v) is 21.8. The highest BCUT2D eigenvalue weighted by Crippen LogP contribution is 2.24. The molecule has 3 aromatic carbocycles. The van der Waals surface area contributed by atoms with Gasteiger partial charge in [-0.3, -0.25) is 9.69 Å². The Hall–Kier alpha value is -2.93. The third kappa shape index (κ3) is 6.89. The van der Waals surface area contributed by atoms with Gasteiger partial charge >= 0.3 is 0 Å². The molecule has 2 heterocycles. The van der Waals surface area contributed by atoms with Gasteiger partial charge in [0, 0.05) is 34.5 Å². The second-order valence-electron chi connectivity index (χ2n) is 10.1. The predicted molar refractivity (Wildman–Crippen MR) is 149 cm³/mol. The molecule has 2 aliphatic rings. The van der Waals surface area contributed by atoms with Gasteiger partial charge < -0.3 is 15.5 Å². The third-order valence-corrected chi connectivity index (χ3v) is 7.67. The van der Waals surface area contributed by atoms with Crippen molar-refractivity contribution >= 4 is 34.6 Å². The zero-order valence-electron chi connectivity index (χ0n) is 21.1. The highest BCUT2D eigenvalue weighted by atomic mass is 35.5. The maximum Gasteiger partial charge on any atom is 0.255 e. The van der Waals surface area contributed by atoms with Crippen LogP contribution in [-0.4, -0.2) is 47.9 Å². The molecule has 2 fully saturated rings. The fourth-order valence-electron chi connectivity index (χ4n) is 5.33. The molecule has 0 atom stereocenters. The summed E-state index contributed by atoms with van der Waals surface area (Å²) in [6, 6.07) is 20.3. The Bertz CT molecular complexity index is 1190. The monoisotopic (exact) mass is 520 g/mol. The quantitative estimate of drug-likeness (QED) is 0.355. The molecule has 3 aromatic rings. The summed E-state index contributed by atoms with van der Waals surface area (Å²) in [5.74, 6) is -0.614. The van der Waals surface area contributed by atoms with Gasteiger partial charge in [0.25, 0.3) is 5.91 Å². The van der Waals surface area contributed by atoms with Crippen LogP contribution in [0.15, 0.2) is 66.7 Å². The minimum absolute atomic E-state index is 0.184. The lowest BCUT2D eigenvalue weighted by Crippen LogP contribution is -2.46. The maximum atomic E-state index is 14.0. The number of nitrogens with one attached hydrogen (secondary N) is 2. The summed E-state index contributed by atoms with van der Waals surface area (Å²) < 4.78 is 14.0. The number of carbonyl (C=O) groups is 1.